The average molecular weight is 413 g/mol. The van der Waals surface area contributed by atoms with Crippen LogP contribution in [-0.4, -0.2) is 39.1 Å². The van der Waals surface area contributed by atoms with E-state index in [-0.39, 0.29) is 18.1 Å². The van der Waals surface area contributed by atoms with Gasteiger partial charge in [-0.3, -0.25) is 5.10 Å². The summed E-state index contributed by atoms with van der Waals surface area (Å²) in [6.45, 7) is 3.91. The number of aromatic nitrogens is 3. The third kappa shape index (κ3) is 3.18. The zero-order valence-electron chi connectivity index (χ0n) is 16.7. The molecule has 0 unspecified atom stereocenters. The highest BCUT2D eigenvalue weighted by Gasteiger charge is 2.26. The summed E-state index contributed by atoms with van der Waals surface area (Å²) in [5, 5.41) is 17.7. The van der Waals surface area contributed by atoms with Crippen LogP contribution in [0.15, 0.2) is 36.5 Å². The van der Waals surface area contributed by atoms with Gasteiger partial charge < -0.3 is 14.4 Å². The Hall–Kier alpha value is -3.42. The van der Waals surface area contributed by atoms with Gasteiger partial charge in [-0.2, -0.15) is 5.10 Å². The van der Waals surface area contributed by atoms with Crippen LogP contribution >= 0.6 is 0 Å². The Morgan fingerprint density at radius 1 is 1.30 bits per heavy atom. The largest absolute Gasteiger partial charge is 0.494 e. The number of alkyl halides is 1. The van der Waals surface area contributed by atoms with Gasteiger partial charge in [-0.1, -0.05) is 13.8 Å². The summed E-state index contributed by atoms with van der Waals surface area (Å²) in [5.74, 6) is -1.96. The molecule has 4 rings (SSSR count). The monoisotopic (exact) mass is 413 g/mol. The molecule has 0 saturated heterocycles. The Kier molecular flexibility index (Phi) is 4.93. The van der Waals surface area contributed by atoms with Crippen molar-refractivity contribution in [3.05, 3.63) is 53.6 Å². The van der Waals surface area contributed by atoms with Crippen molar-refractivity contribution < 1.29 is 23.4 Å². The number of benzene rings is 2. The summed E-state index contributed by atoms with van der Waals surface area (Å²) in [5.41, 5.74) is 3.53. The number of carboxylic acid groups (broad SMARTS) is 1. The van der Waals surface area contributed by atoms with E-state index in [1.807, 2.05) is 30.5 Å². The number of rotatable bonds is 6. The molecule has 2 N–H and O–H groups in total. The fourth-order valence-corrected chi connectivity index (χ4v) is 3.96. The third-order valence-electron chi connectivity index (χ3n) is 5.26. The highest BCUT2D eigenvalue weighted by Crippen LogP contribution is 2.38. The van der Waals surface area contributed by atoms with Gasteiger partial charge in [-0.25, -0.2) is 13.6 Å². The summed E-state index contributed by atoms with van der Waals surface area (Å²) in [7, 11) is 1.39. The second-order valence-electron chi connectivity index (χ2n) is 7.51. The van der Waals surface area contributed by atoms with Gasteiger partial charge in [0, 0.05) is 34.6 Å². The lowest BCUT2D eigenvalue weighted by atomic mass is 9.98. The lowest BCUT2D eigenvalue weighted by Crippen LogP contribution is -2.18. The number of nitrogens with one attached hydrogen (secondary N) is 1. The van der Waals surface area contributed by atoms with Crippen molar-refractivity contribution >= 4 is 27.8 Å². The summed E-state index contributed by atoms with van der Waals surface area (Å²) in [6.07, 6.45) is -0.632. The van der Waals surface area contributed by atoms with E-state index >= 15 is 0 Å². The van der Waals surface area contributed by atoms with Gasteiger partial charge in [-0.05, 0) is 35.7 Å². The molecule has 2 aromatic heterocycles. The van der Waals surface area contributed by atoms with Crippen LogP contribution in [-0.2, 0) is 11.2 Å². The Balaban J connectivity index is 2.09. The van der Waals surface area contributed by atoms with Gasteiger partial charge in [-0.15, -0.1) is 0 Å². The third-order valence-corrected chi connectivity index (χ3v) is 5.26. The Bertz CT molecular complexity index is 1260. The van der Waals surface area contributed by atoms with Crippen LogP contribution in [0.25, 0.3) is 27.5 Å². The number of H-pyrrole nitrogens is 1. The number of halogens is 2. The lowest BCUT2D eigenvalue weighted by molar-refractivity contribution is -0.142. The molecular weight excluding hydrogens is 392 g/mol. The van der Waals surface area contributed by atoms with Crippen LogP contribution in [0.2, 0.25) is 0 Å². The number of aliphatic carboxylic acids is 1. The molecule has 2 aromatic carbocycles. The normalized spacial score (nSPS) is 12.7. The van der Waals surface area contributed by atoms with E-state index in [0.717, 1.165) is 27.5 Å². The second kappa shape index (κ2) is 7.44. The van der Waals surface area contributed by atoms with Crippen LogP contribution in [0.1, 0.15) is 31.0 Å². The summed E-state index contributed by atoms with van der Waals surface area (Å²) in [4.78, 5) is 11.2. The second-order valence-corrected chi connectivity index (χ2v) is 7.51. The first-order valence-corrected chi connectivity index (χ1v) is 9.53. The van der Waals surface area contributed by atoms with E-state index in [0.29, 0.717) is 11.3 Å². The topological polar surface area (TPSA) is 80.1 Å². The Morgan fingerprint density at radius 2 is 2.07 bits per heavy atom. The van der Waals surface area contributed by atoms with Crippen molar-refractivity contribution in [1.29, 1.82) is 0 Å². The molecule has 0 aliphatic rings. The van der Waals surface area contributed by atoms with E-state index < -0.39 is 18.0 Å². The molecule has 1 atom stereocenters. The van der Waals surface area contributed by atoms with E-state index in [4.69, 9.17) is 9.84 Å². The van der Waals surface area contributed by atoms with Crippen LogP contribution in [0, 0.1) is 5.82 Å². The number of aromatic amines is 1. The summed E-state index contributed by atoms with van der Waals surface area (Å²) >= 11 is 0. The number of carbonyl (C=O) groups is 1. The van der Waals surface area contributed by atoms with Gasteiger partial charge in [0.2, 0.25) is 6.17 Å². The zero-order valence-corrected chi connectivity index (χ0v) is 16.7. The minimum Gasteiger partial charge on any atom is -0.494 e. The number of carboxylic acids is 1. The predicted molar refractivity (Wildman–Crippen MR) is 110 cm³/mol. The molecule has 8 heteroatoms. The molecule has 4 aromatic rings. The number of ether oxygens (including phenoxy) is 1. The van der Waals surface area contributed by atoms with Crippen molar-refractivity contribution in [2.75, 3.05) is 7.11 Å². The molecule has 6 nitrogen and oxygen atoms in total. The van der Waals surface area contributed by atoms with Crippen molar-refractivity contribution in [2.24, 2.45) is 0 Å². The fraction of sp³-hybridized carbons (Fsp3) is 0.273. The van der Waals surface area contributed by atoms with Crippen molar-refractivity contribution in [3.8, 4) is 11.4 Å². The minimum absolute atomic E-state index is 0.0547. The standard InChI is InChI=1S/C22H21F2N3O3/c1-11(2)21-15(8-17(24)22(28)29)14-9-18-12(10-25-26-18)6-19(14)27(21)13-4-5-16(23)20(7-13)30-3/h4-7,9-11,17H,8H2,1-3H3,(H,25,26)(H,28,29)/t17-/m0/s1. The SMILES string of the molecule is COc1cc(-n2c(C(C)C)c(C[C@H](F)C(=O)O)c3cc4[nH]ncc4cc32)ccc1F. The van der Waals surface area contributed by atoms with Gasteiger partial charge in [0.1, 0.15) is 0 Å². The van der Waals surface area contributed by atoms with E-state index in [9.17, 15) is 13.6 Å². The fourth-order valence-electron chi connectivity index (χ4n) is 3.96. The van der Waals surface area contributed by atoms with E-state index in [1.54, 1.807) is 18.3 Å². The highest BCUT2D eigenvalue weighted by atomic mass is 19.1. The van der Waals surface area contributed by atoms with Crippen molar-refractivity contribution in [2.45, 2.75) is 32.4 Å². The van der Waals surface area contributed by atoms with Gasteiger partial charge >= 0.3 is 5.97 Å². The zero-order chi connectivity index (χ0) is 21.6. The van der Waals surface area contributed by atoms with Gasteiger partial charge in [0.25, 0.3) is 0 Å². The van der Waals surface area contributed by atoms with Crippen molar-refractivity contribution in [3.63, 3.8) is 0 Å². The minimum atomic E-state index is -2.04. The summed E-state index contributed by atoms with van der Waals surface area (Å²) in [6, 6.07) is 8.28. The molecule has 0 saturated carbocycles. The van der Waals surface area contributed by atoms with Gasteiger partial charge in [0.15, 0.2) is 11.6 Å². The number of hydrogen-bond donors (Lipinski definition) is 2. The first-order valence-electron chi connectivity index (χ1n) is 9.53. The molecule has 2 heterocycles. The maximum absolute atomic E-state index is 14.3. The predicted octanol–water partition coefficient (Wildman–Crippen LogP) is 4.74. The molecule has 0 aliphatic heterocycles. The molecule has 30 heavy (non-hydrogen) atoms. The van der Waals surface area contributed by atoms with Gasteiger partial charge in [0.05, 0.1) is 24.3 Å². The first-order chi connectivity index (χ1) is 14.3. The number of nitrogens with zero attached hydrogens (tertiary/aromatic N) is 2. The number of methoxy groups -OCH3 is 1. The smallest absolute Gasteiger partial charge is 0.338 e. The average Bonchev–Trinajstić information content (AvgIpc) is 3.28. The molecule has 0 radical (unpaired) electrons. The lowest BCUT2D eigenvalue weighted by Gasteiger charge is -2.17. The number of hydrogen-bond acceptors (Lipinski definition) is 3. The molecule has 0 aliphatic carbocycles. The molecule has 0 bridgehead atoms. The maximum atomic E-state index is 14.3. The number of fused-ring (bicyclic) bond motifs is 2. The quantitative estimate of drug-likeness (QED) is 0.478. The highest BCUT2D eigenvalue weighted by molar-refractivity contribution is 5.99. The Morgan fingerprint density at radius 3 is 2.73 bits per heavy atom. The van der Waals surface area contributed by atoms with Crippen LogP contribution in [0.5, 0.6) is 5.75 Å². The molecule has 0 fully saturated rings. The van der Waals surface area contributed by atoms with Crippen molar-refractivity contribution in [1.82, 2.24) is 14.8 Å². The molecule has 0 amide bonds. The molecular formula is C22H21F2N3O3. The van der Waals surface area contributed by atoms with Crippen LogP contribution < -0.4 is 4.74 Å². The first kappa shape index (κ1) is 19.9. The molecule has 156 valence electrons. The maximum Gasteiger partial charge on any atom is 0.338 e. The molecule has 0 spiro atoms. The Labute approximate surface area is 171 Å². The van der Waals surface area contributed by atoms with Crippen LogP contribution in [0.3, 0.4) is 0 Å². The van der Waals surface area contributed by atoms with E-state index in [1.165, 1.54) is 13.2 Å². The summed E-state index contributed by atoms with van der Waals surface area (Å²) < 4.78 is 35.4. The van der Waals surface area contributed by atoms with Crippen LogP contribution in [0.4, 0.5) is 8.78 Å². The van der Waals surface area contributed by atoms with E-state index in [2.05, 4.69) is 10.2 Å².